The van der Waals surface area contributed by atoms with E-state index in [9.17, 15) is 8.78 Å². The zero-order valence-corrected chi connectivity index (χ0v) is 11.8. The molecule has 1 N–H and O–H groups in total. The van der Waals surface area contributed by atoms with Crippen LogP contribution in [0, 0.1) is 0 Å². The normalized spacial score (nSPS) is 10.9. The van der Waals surface area contributed by atoms with Crippen molar-refractivity contribution in [3.8, 4) is 11.5 Å². The highest BCUT2D eigenvalue weighted by Crippen LogP contribution is 2.29. The highest BCUT2D eigenvalue weighted by atomic mass is 19.3. The Kier molecular flexibility index (Phi) is 5.10. The number of imidazole rings is 1. The molecule has 114 valence electrons. The van der Waals surface area contributed by atoms with Crippen LogP contribution in [0.4, 0.5) is 8.78 Å². The van der Waals surface area contributed by atoms with Crippen molar-refractivity contribution in [2.24, 2.45) is 0 Å². The smallest absolute Gasteiger partial charge is 0.320 e. The van der Waals surface area contributed by atoms with Gasteiger partial charge in [-0.3, -0.25) is 4.57 Å². The Hall–Kier alpha value is -2.15. The molecular weight excluding hydrogens is 280 g/mol. The van der Waals surface area contributed by atoms with Crippen molar-refractivity contribution < 1.29 is 18.3 Å². The second-order valence-electron chi connectivity index (χ2n) is 4.33. The second-order valence-corrected chi connectivity index (χ2v) is 4.33. The molecule has 0 radical (unpaired) electrons. The number of aromatic nitrogens is 2. The highest BCUT2D eigenvalue weighted by molar-refractivity contribution is 5.43. The predicted octanol–water partition coefficient (Wildman–Crippen LogP) is 2.59. The van der Waals surface area contributed by atoms with Gasteiger partial charge < -0.3 is 14.8 Å². The number of rotatable bonds is 7. The Morgan fingerprint density at radius 2 is 2.14 bits per heavy atom. The molecule has 0 aliphatic heterocycles. The minimum atomic E-state index is -2.63. The monoisotopic (exact) mass is 297 g/mol. The SMILES string of the molecule is CNCc1ccc(OCc2nccn2C(F)F)c(OC)c1. The summed E-state index contributed by atoms with van der Waals surface area (Å²) in [4.78, 5) is 3.86. The number of alkyl halides is 2. The molecule has 5 nitrogen and oxygen atoms in total. The van der Waals surface area contributed by atoms with E-state index < -0.39 is 6.55 Å². The van der Waals surface area contributed by atoms with Crippen molar-refractivity contribution >= 4 is 0 Å². The average molecular weight is 297 g/mol. The number of hydrogen-bond acceptors (Lipinski definition) is 4. The van der Waals surface area contributed by atoms with Crippen molar-refractivity contribution in [1.29, 1.82) is 0 Å². The maximum atomic E-state index is 12.7. The van der Waals surface area contributed by atoms with Crippen LogP contribution in [0.15, 0.2) is 30.6 Å². The van der Waals surface area contributed by atoms with Gasteiger partial charge in [0, 0.05) is 18.9 Å². The number of hydrogen-bond donors (Lipinski definition) is 1. The second kappa shape index (κ2) is 7.03. The first kappa shape index (κ1) is 15.2. The summed E-state index contributed by atoms with van der Waals surface area (Å²) in [5.74, 6) is 1.20. The van der Waals surface area contributed by atoms with E-state index in [0.29, 0.717) is 18.0 Å². The molecule has 1 heterocycles. The van der Waals surface area contributed by atoms with E-state index in [1.54, 1.807) is 6.07 Å². The summed E-state index contributed by atoms with van der Waals surface area (Å²) in [6.07, 6.45) is 2.54. The predicted molar refractivity (Wildman–Crippen MR) is 73.6 cm³/mol. The van der Waals surface area contributed by atoms with Crippen LogP contribution in [-0.4, -0.2) is 23.7 Å². The van der Waals surface area contributed by atoms with Gasteiger partial charge in [0.2, 0.25) is 0 Å². The summed E-state index contributed by atoms with van der Waals surface area (Å²) in [7, 11) is 3.38. The fourth-order valence-corrected chi connectivity index (χ4v) is 1.92. The molecule has 2 aromatic rings. The van der Waals surface area contributed by atoms with E-state index >= 15 is 0 Å². The standard InChI is InChI=1S/C14H17F2N3O2/c1-17-8-10-3-4-11(12(7-10)20-2)21-9-13-18-5-6-19(13)14(15)16/h3-7,14,17H,8-9H2,1-2H3. The molecular formula is C14H17F2N3O2. The fraction of sp³-hybridized carbons (Fsp3) is 0.357. The zero-order chi connectivity index (χ0) is 15.2. The summed E-state index contributed by atoms with van der Waals surface area (Å²) in [6.45, 7) is -1.99. The Morgan fingerprint density at radius 1 is 1.33 bits per heavy atom. The lowest BCUT2D eigenvalue weighted by atomic mass is 10.2. The molecule has 0 saturated carbocycles. The zero-order valence-electron chi connectivity index (χ0n) is 11.8. The number of halogens is 2. The lowest BCUT2D eigenvalue weighted by Gasteiger charge is -2.12. The Labute approximate surface area is 121 Å². The van der Waals surface area contributed by atoms with Gasteiger partial charge in [-0.25, -0.2) is 4.98 Å². The maximum absolute atomic E-state index is 12.7. The van der Waals surface area contributed by atoms with Crippen LogP contribution in [0.25, 0.3) is 0 Å². The van der Waals surface area contributed by atoms with Gasteiger partial charge in [0.25, 0.3) is 0 Å². The first-order valence-electron chi connectivity index (χ1n) is 6.40. The molecule has 0 spiro atoms. The Morgan fingerprint density at radius 3 is 2.81 bits per heavy atom. The van der Waals surface area contributed by atoms with E-state index in [4.69, 9.17) is 9.47 Å². The van der Waals surface area contributed by atoms with Gasteiger partial charge in [0.05, 0.1) is 7.11 Å². The van der Waals surface area contributed by atoms with Crippen molar-refractivity contribution in [3.63, 3.8) is 0 Å². The number of benzene rings is 1. The molecule has 0 fully saturated rings. The highest BCUT2D eigenvalue weighted by Gasteiger charge is 2.13. The van der Waals surface area contributed by atoms with Gasteiger partial charge in [-0.2, -0.15) is 8.78 Å². The number of methoxy groups -OCH3 is 1. The van der Waals surface area contributed by atoms with E-state index in [-0.39, 0.29) is 12.4 Å². The maximum Gasteiger partial charge on any atom is 0.320 e. The van der Waals surface area contributed by atoms with Crippen molar-refractivity contribution in [3.05, 3.63) is 42.0 Å². The molecule has 1 aromatic carbocycles. The average Bonchev–Trinajstić information content (AvgIpc) is 2.94. The van der Waals surface area contributed by atoms with E-state index in [1.807, 2.05) is 19.2 Å². The third-order valence-corrected chi connectivity index (χ3v) is 2.92. The molecule has 0 aliphatic carbocycles. The largest absolute Gasteiger partial charge is 0.493 e. The number of ether oxygens (including phenoxy) is 2. The Bertz CT molecular complexity index is 587. The minimum Gasteiger partial charge on any atom is -0.493 e. The molecule has 7 heteroatoms. The van der Waals surface area contributed by atoms with Crippen LogP contribution >= 0.6 is 0 Å². The molecule has 0 atom stereocenters. The first-order chi connectivity index (χ1) is 10.2. The molecule has 0 amide bonds. The molecule has 0 bridgehead atoms. The third kappa shape index (κ3) is 3.69. The van der Waals surface area contributed by atoms with Gasteiger partial charge in [-0.05, 0) is 24.7 Å². The van der Waals surface area contributed by atoms with E-state index in [0.717, 1.165) is 10.1 Å². The Balaban J connectivity index is 2.10. The van der Waals surface area contributed by atoms with Gasteiger partial charge in [0.1, 0.15) is 6.61 Å². The van der Waals surface area contributed by atoms with Crippen molar-refractivity contribution in [2.45, 2.75) is 19.7 Å². The van der Waals surface area contributed by atoms with Crippen LogP contribution < -0.4 is 14.8 Å². The van der Waals surface area contributed by atoms with E-state index in [1.165, 1.54) is 19.5 Å². The summed E-state index contributed by atoms with van der Waals surface area (Å²) in [5, 5.41) is 3.04. The van der Waals surface area contributed by atoms with Gasteiger partial charge in [0.15, 0.2) is 17.3 Å². The van der Waals surface area contributed by atoms with Crippen LogP contribution in [0.3, 0.4) is 0 Å². The fourth-order valence-electron chi connectivity index (χ4n) is 1.92. The molecule has 0 aliphatic rings. The van der Waals surface area contributed by atoms with Crippen molar-refractivity contribution in [1.82, 2.24) is 14.9 Å². The van der Waals surface area contributed by atoms with Crippen molar-refractivity contribution in [2.75, 3.05) is 14.2 Å². The molecule has 1 aromatic heterocycles. The summed E-state index contributed by atoms with van der Waals surface area (Å²) in [6, 6.07) is 5.47. The number of nitrogens with one attached hydrogen (secondary N) is 1. The van der Waals surface area contributed by atoms with Crippen LogP contribution in [0.5, 0.6) is 11.5 Å². The van der Waals surface area contributed by atoms with Crippen LogP contribution in [-0.2, 0) is 13.2 Å². The van der Waals surface area contributed by atoms with Crippen LogP contribution in [0.1, 0.15) is 17.9 Å². The van der Waals surface area contributed by atoms with Gasteiger partial charge in [-0.15, -0.1) is 0 Å². The molecule has 0 saturated heterocycles. The molecule has 2 rings (SSSR count). The van der Waals surface area contributed by atoms with Gasteiger partial charge in [-0.1, -0.05) is 6.07 Å². The van der Waals surface area contributed by atoms with Crippen LogP contribution in [0.2, 0.25) is 0 Å². The minimum absolute atomic E-state index is 0.0565. The van der Waals surface area contributed by atoms with E-state index in [2.05, 4.69) is 10.3 Å². The molecule has 0 unspecified atom stereocenters. The lowest BCUT2D eigenvalue weighted by molar-refractivity contribution is 0.0631. The quantitative estimate of drug-likeness (QED) is 0.853. The summed E-state index contributed by atoms with van der Waals surface area (Å²) in [5.41, 5.74) is 1.04. The number of nitrogens with zero attached hydrogens (tertiary/aromatic N) is 2. The third-order valence-electron chi connectivity index (χ3n) is 2.92. The topological polar surface area (TPSA) is 48.3 Å². The lowest BCUT2D eigenvalue weighted by Crippen LogP contribution is -2.08. The summed E-state index contributed by atoms with van der Waals surface area (Å²) >= 11 is 0. The molecule has 21 heavy (non-hydrogen) atoms. The summed E-state index contributed by atoms with van der Waals surface area (Å²) < 4.78 is 37.0. The van der Waals surface area contributed by atoms with Gasteiger partial charge >= 0.3 is 6.55 Å². The first-order valence-corrected chi connectivity index (χ1v) is 6.40.